The molecule has 6 nitrogen and oxygen atoms in total. The Kier molecular flexibility index (Phi) is 3.79. The molecule has 0 saturated heterocycles. The number of aromatic nitrogens is 2. The van der Waals surface area contributed by atoms with Gasteiger partial charge in [0.25, 0.3) is 5.89 Å². The van der Waals surface area contributed by atoms with Gasteiger partial charge in [0.15, 0.2) is 12.4 Å². The number of anilines is 1. The van der Waals surface area contributed by atoms with E-state index in [0.717, 1.165) is 5.69 Å². The fourth-order valence-electron chi connectivity index (χ4n) is 1.50. The van der Waals surface area contributed by atoms with E-state index in [1.165, 1.54) is 0 Å². The van der Waals surface area contributed by atoms with Gasteiger partial charge in [-0.05, 0) is 31.2 Å². The molecule has 0 aliphatic rings. The molecule has 19 heavy (non-hydrogen) atoms. The minimum absolute atomic E-state index is 0.0187. The predicted molar refractivity (Wildman–Crippen MR) is 68.9 cm³/mol. The van der Waals surface area contributed by atoms with Crippen molar-refractivity contribution in [3.05, 3.63) is 41.5 Å². The monoisotopic (exact) mass is 261 g/mol. The molecule has 0 unspecified atom stereocenters. The molecule has 0 saturated carbocycles. The van der Waals surface area contributed by atoms with Crippen LogP contribution in [-0.2, 0) is 11.3 Å². The molecule has 0 amide bonds. The van der Waals surface area contributed by atoms with Crippen molar-refractivity contribution >= 4 is 11.7 Å². The number of carbonyl (C=O) groups is 1. The molecule has 0 aliphatic heterocycles. The third kappa shape index (κ3) is 3.31. The van der Waals surface area contributed by atoms with Gasteiger partial charge in [0, 0.05) is 19.8 Å². The van der Waals surface area contributed by atoms with Crippen molar-refractivity contribution in [2.24, 2.45) is 0 Å². The molecule has 2 rings (SSSR count). The van der Waals surface area contributed by atoms with E-state index < -0.39 is 5.97 Å². The van der Waals surface area contributed by atoms with Crippen molar-refractivity contribution in [1.82, 2.24) is 10.1 Å². The van der Waals surface area contributed by atoms with Crippen molar-refractivity contribution in [2.75, 3.05) is 19.0 Å². The van der Waals surface area contributed by atoms with E-state index in [4.69, 9.17) is 9.26 Å². The highest BCUT2D eigenvalue weighted by Gasteiger charge is 2.10. The van der Waals surface area contributed by atoms with Crippen LogP contribution in [0.25, 0.3) is 0 Å². The highest BCUT2D eigenvalue weighted by molar-refractivity contribution is 5.89. The zero-order valence-electron chi connectivity index (χ0n) is 11.1. The number of rotatable bonds is 4. The third-order valence-corrected chi connectivity index (χ3v) is 2.52. The fraction of sp³-hybridized carbons (Fsp3) is 0.308. The van der Waals surface area contributed by atoms with E-state index in [0.29, 0.717) is 11.4 Å². The van der Waals surface area contributed by atoms with Crippen LogP contribution in [0.15, 0.2) is 28.8 Å². The average Bonchev–Trinajstić information content (AvgIpc) is 2.82. The van der Waals surface area contributed by atoms with Crippen LogP contribution in [0.2, 0.25) is 0 Å². The molecule has 2 aromatic rings. The van der Waals surface area contributed by atoms with Crippen LogP contribution in [0.3, 0.4) is 0 Å². The van der Waals surface area contributed by atoms with Crippen molar-refractivity contribution in [3.63, 3.8) is 0 Å². The summed E-state index contributed by atoms with van der Waals surface area (Å²) >= 11 is 0. The number of carbonyl (C=O) groups excluding carboxylic acids is 1. The summed E-state index contributed by atoms with van der Waals surface area (Å²) in [5, 5.41) is 3.62. The second-order valence-electron chi connectivity index (χ2n) is 4.25. The number of hydrogen-bond donors (Lipinski definition) is 0. The number of esters is 1. The molecular formula is C13H15N3O3. The van der Waals surface area contributed by atoms with E-state index in [2.05, 4.69) is 10.1 Å². The van der Waals surface area contributed by atoms with Crippen molar-refractivity contribution in [3.8, 4) is 0 Å². The largest absolute Gasteiger partial charge is 0.452 e. The van der Waals surface area contributed by atoms with E-state index in [-0.39, 0.29) is 12.5 Å². The van der Waals surface area contributed by atoms with Gasteiger partial charge in [0.1, 0.15) is 0 Å². The van der Waals surface area contributed by atoms with Gasteiger partial charge >= 0.3 is 5.97 Å². The van der Waals surface area contributed by atoms with Crippen molar-refractivity contribution in [2.45, 2.75) is 13.5 Å². The molecule has 0 atom stereocenters. The maximum atomic E-state index is 11.8. The first-order valence-corrected chi connectivity index (χ1v) is 5.80. The number of aryl methyl sites for hydroxylation is 1. The maximum absolute atomic E-state index is 11.8. The maximum Gasteiger partial charge on any atom is 0.338 e. The summed E-state index contributed by atoms with van der Waals surface area (Å²) in [4.78, 5) is 17.7. The van der Waals surface area contributed by atoms with Crippen LogP contribution in [0.5, 0.6) is 0 Å². The minimum Gasteiger partial charge on any atom is -0.452 e. The molecule has 1 aromatic heterocycles. The molecule has 0 spiro atoms. The molecule has 0 radical (unpaired) electrons. The highest BCUT2D eigenvalue weighted by atomic mass is 16.6. The quantitative estimate of drug-likeness (QED) is 0.782. The van der Waals surface area contributed by atoms with Gasteiger partial charge in [-0.1, -0.05) is 5.16 Å². The lowest BCUT2D eigenvalue weighted by atomic mass is 10.2. The second kappa shape index (κ2) is 5.51. The molecule has 100 valence electrons. The van der Waals surface area contributed by atoms with Gasteiger partial charge in [-0.15, -0.1) is 0 Å². The Balaban J connectivity index is 1.96. The summed E-state index contributed by atoms with van der Waals surface area (Å²) < 4.78 is 9.94. The number of ether oxygens (including phenoxy) is 1. The van der Waals surface area contributed by atoms with E-state index in [1.807, 2.05) is 31.1 Å². The van der Waals surface area contributed by atoms with E-state index in [9.17, 15) is 4.79 Å². The Labute approximate surface area is 111 Å². The minimum atomic E-state index is -0.416. The first-order valence-electron chi connectivity index (χ1n) is 5.80. The van der Waals surface area contributed by atoms with Crippen LogP contribution in [-0.4, -0.2) is 30.2 Å². The standard InChI is InChI=1S/C13H15N3O3/c1-9-14-12(19-15-9)8-18-13(17)10-4-6-11(7-5-10)16(2)3/h4-7H,8H2,1-3H3. The smallest absolute Gasteiger partial charge is 0.338 e. The molecule has 0 aliphatic carbocycles. The van der Waals surface area contributed by atoms with Crippen LogP contribution in [0.1, 0.15) is 22.1 Å². The lowest BCUT2D eigenvalue weighted by molar-refractivity contribution is 0.0430. The Bertz CT molecular complexity index is 561. The Hall–Kier alpha value is -2.37. The molecule has 1 heterocycles. The summed E-state index contributed by atoms with van der Waals surface area (Å²) in [6.07, 6.45) is 0. The first-order chi connectivity index (χ1) is 9.06. The predicted octanol–water partition coefficient (Wildman–Crippen LogP) is 1.80. The van der Waals surface area contributed by atoms with Crippen molar-refractivity contribution in [1.29, 1.82) is 0 Å². The third-order valence-electron chi connectivity index (χ3n) is 2.52. The highest BCUT2D eigenvalue weighted by Crippen LogP contribution is 2.13. The van der Waals surface area contributed by atoms with Crippen LogP contribution >= 0.6 is 0 Å². The lowest BCUT2D eigenvalue weighted by Gasteiger charge is -2.12. The van der Waals surface area contributed by atoms with Crippen LogP contribution in [0.4, 0.5) is 5.69 Å². The van der Waals surface area contributed by atoms with Crippen molar-refractivity contribution < 1.29 is 14.1 Å². The van der Waals surface area contributed by atoms with Gasteiger partial charge in [-0.25, -0.2) is 4.79 Å². The number of hydrogen-bond acceptors (Lipinski definition) is 6. The number of benzene rings is 1. The summed E-state index contributed by atoms with van der Waals surface area (Å²) in [7, 11) is 3.87. The molecular weight excluding hydrogens is 246 g/mol. The van der Waals surface area contributed by atoms with Gasteiger partial charge in [-0.2, -0.15) is 4.98 Å². The van der Waals surface area contributed by atoms with E-state index in [1.54, 1.807) is 19.1 Å². The average molecular weight is 261 g/mol. The topological polar surface area (TPSA) is 68.5 Å². The molecule has 1 aromatic carbocycles. The summed E-state index contributed by atoms with van der Waals surface area (Å²) in [6.45, 7) is 1.68. The SMILES string of the molecule is Cc1noc(COC(=O)c2ccc(N(C)C)cc2)n1. The van der Waals surface area contributed by atoms with Gasteiger partial charge in [0.2, 0.25) is 0 Å². The Morgan fingerprint density at radius 1 is 1.32 bits per heavy atom. The Morgan fingerprint density at radius 3 is 2.53 bits per heavy atom. The zero-order valence-corrected chi connectivity index (χ0v) is 11.1. The Morgan fingerprint density at radius 2 is 2.00 bits per heavy atom. The summed E-state index contributed by atoms with van der Waals surface area (Å²) in [5.41, 5.74) is 1.51. The van der Waals surface area contributed by atoms with Gasteiger partial charge in [-0.3, -0.25) is 0 Å². The molecule has 0 bridgehead atoms. The summed E-state index contributed by atoms with van der Waals surface area (Å²) in [6, 6.07) is 7.15. The molecule has 0 fully saturated rings. The zero-order chi connectivity index (χ0) is 13.8. The number of nitrogens with zero attached hydrogens (tertiary/aromatic N) is 3. The lowest BCUT2D eigenvalue weighted by Crippen LogP contribution is -2.09. The summed E-state index contributed by atoms with van der Waals surface area (Å²) in [5.74, 6) is 0.387. The van der Waals surface area contributed by atoms with Gasteiger partial charge < -0.3 is 14.2 Å². The molecule has 0 N–H and O–H groups in total. The molecule has 6 heteroatoms. The second-order valence-corrected chi connectivity index (χ2v) is 4.25. The van der Waals surface area contributed by atoms with Crippen LogP contribution < -0.4 is 4.90 Å². The first kappa shape index (κ1) is 13.1. The van der Waals surface area contributed by atoms with E-state index >= 15 is 0 Å². The fourth-order valence-corrected chi connectivity index (χ4v) is 1.50. The van der Waals surface area contributed by atoms with Crippen LogP contribution in [0, 0.1) is 6.92 Å². The normalized spacial score (nSPS) is 10.3. The van der Waals surface area contributed by atoms with Gasteiger partial charge in [0.05, 0.1) is 5.56 Å².